The van der Waals surface area contributed by atoms with E-state index >= 15 is 0 Å². The van der Waals surface area contributed by atoms with Crippen LogP contribution in [0.3, 0.4) is 0 Å². The quantitative estimate of drug-likeness (QED) is 0.487. The van der Waals surface area contributed by atoms with Gasteiger partial charge in [0.05, 0.1) is 24.3 Å². The molecule has 0 aliphatic carbocycles. The van der Waals surface area contributed by atoms with Crippen LogP contribution in [0.25, 0.3) is 0 Å². The molecule has 37 heavy (non-hydrogen) atoms. The van der Waals surface area contributed by atoms with E-state index in [0.29, 0.717) is 34.2 Å². The number of ketones is 1. The van der Waals surface area contributed by atoms with Crippen LogP contribution >= 0.6 is 0 Å². The fraction of sp³-hybridized carbons (Fsp3) is 0.233. The van der Waals surface area contributed by atoms with Gasteiger partial charge in [-0.1, -0.05) is 48.5 Å². The molecule has 0 aromatic heterocycles. The van der Waals surface area contributed by atoms with Gasteiger partial charge in [0.15, 0.2) is 5.78 Å². The average Bonchev–Trinajstić information content (AvgIpc) is 3.21. The number of ether oxygens (including phenoxy) is 2. The van der Waals surface area contributed by atoms with Crippen LogP contribution < -0.4 is 14.5 Å². The third-order valence-corrected chi connectivity index (χ3v) is 6.96. The highest BCUT2D eigenvalue weighted by Gasteiger charge is 2.42. The number of aliphatic hydroxyl groups excluding tert-OH is 1. The van der Waals surface area contributed by atoms with Gasteiger partial charge in [-0.25, -0.2) is 5.01 Å². The van der Waals surface area contributed by atoms with Crippen LogP contribution in [0.15, 0.2) is 95.3 Å². The number of carbonyl (C=O) groups is 2. The largest absolute Gasteiger partial charge is 0.497 e. The highest BCUT2D eigenvalue weighted by atomic mass is 16.5. The zero-order chi connectivity index (χ0) is 26.1. The summed E-state index contributed by atoms with van der Waals surface area (Å²) in [7, 11) is 1.59. The first kappa shape index (κ1) is 24.5. The summed E-state index contributed by atoms with van der Waals surface area (Å²) >= 11 is 0. The van der Waals surface area contributed by atoms with E-state index in [1.165, 1.54) is 5.01 Å². The van der Waals surface area contributed by atoms with Crippen molar-refractivity contribution in [1.29, 1.82) is 0 Å². The predicted octanol–water partition coefficient (Wildman–Crippen LogP) is 5.18. The molecule has 1 N–H and O–H groups in total. The van der Waals surface area contributed by atoms with Crippen LogP contribution in [0.4, 0.5) is 5.69 Å². The van der Waals surface area contributed by atoms with Crippen LogP contribution in [0.2, 0.25) is 0 Å². The van der Waals surface area contributed by atoms with Crippen LogP contribution in [-0.2, 0) is 9.59 Å². The summed E-state index contributed by atoms with van der Waals surface area (Å²) < 4.78 is 11.2. The molecule has 0 fully saturated rings. The van der Waals surface area contributed by atoms with Gasteiger partial charge in [0.2, 0.25) is 0 Å². The first-order valence-corrected chi connectivity index (χ1v) is 12.2. The molecule has 3 aromatic carbocycles. The number of anilines is 1. The monoisotopic (exact) mass is 496 g/mol. The van der Waals surface area contributed by atoms with E-state index in [9.17, 15) is 14.7 Å². The summed E-state index contributed by atoms with van der Waals surface area (Å²) in [5.41, 5.74) is 2.85. The van der Waals surface area contributed by atoms with Gasteiger partial charge < -0.3 is 14.6 Å². The summed E-state index contributed by atoms with van der Waals surface area (Å²) in [4.78, 5) is 27.5. The fourth-order valence-corrected chi connectivity index (χ4v) is 5.10. The number of hydrogen-bond acceptors (Lipinski definition) is 6. The molecule has 3 aromatic rings. The smallest absolute Gasteiger partial charge is 0.256 e. The Labute approximate surface area is 215 Å². The van der Waals surface area contributed by atoms with Crippen molar-refractivity contribution in [1.82, 2.24) is 0 Å². The Kier molecular flexibility index (Phi) is 6.63. The van der Waals surface area contributed by atoms with Gasteiger partial charge in [-0.3, -0.25) is 9.59 Å². The van der Waals surface area contributed by atoms with Crippen molar-refractivity contribution in [2.45, 2.75) is 32.3 Å². The van der Waals surface area contributed by atoms with E-state index in [1.807, 2.05) is 67.6 Å². The zero-order valence-electron chi connectivity index (χ0n) is 20.9. The minimum absolute atomic E-state index is 0.00646. The van der Waals surface area contributed by atoms with Crippen LogP contribution in [0.5, 0.6) is 11.5 Å². The van der Waals surface area contributed by atoms with Gasteiger partial charge in [-0.2, -0.15) is 5.10 Å². The standard InChI is InChI=1S/C30H28N2O5/c1-18-27(30(35)32(31-18)21-9-5-4-6-10-21)24(20-13-15-22(36-3)16-14-20)17-25(33)28-19(2)37-26-12-8-7-11-23(26)29(28)34/h4-16,24,27,29,34H,17H2,1-3H3. The van der Waals surface area contributed by atoms with Gasteiger partial charge in [0.25, 0.3) is 5.91 Å². The van der Waals surface area contributed by atoms with E-state index in [0.717, 1.165) is 5.56 Å². The van der Waals surface area contributed by atoms with Crippen molar-refractivity contribution >= 4 is 23.1 Å². The maximum Gasteiger partial charge on any atom is 0.256 e. The molecule has 5 rings (SSSR count). The number of allylic oxidation sites excluding steroid dienone is 1. The van der Waals surface area contributed by atoms with Crippen molar-refractivity contribution in [3.05, 3.63) is 101 Å². The van der Waals surface area contributed by atoms with Crippen molar-refractivity contribution in [2.75, 3.05) is 12.1 Å². The molecule has 0 bridgehead atoms. The van der Waals surface area contributed by atoms with Crippen molar-refractivity contribution in [3.63, 3.8) is 0 Å². The average molecular weight is 497 g/mol. The minimum atomic E-state index is -1.11. The second-order valence-electron chi connectivity index (χ2n) is 9.22. The normalized spacial score (nSPS) is 19.7. The van der Waals surface area contributed by atoms with E-state index in [2.05, 4.69) is 5.10 Å². The summed E-state index contributed by atoms with van der Waals surface area (Å²) in [5, 5.41) is 17.1. The van der Waals surface area contributed by atoms with Crippen molar-refractivity contribution < 1.29 is 24.2 Å². The van der Waals surface area contributed by atoms with Gasteiger partial charge >= 0.3 is 0 Å². The molecule has 1 amide bonds. The van der Waals surface area contributed by atoms with Gasteiger partial charge in [-0.15, -0.1) is 0 Å². The first-order chi connectivity index (χ1) is 17.9. The SMILES string of the molecule is COc1ccc(C(CC(=O)C2=C(C)Oc3ccccc3C2O)C2C(=O)N(c3ccccc3)N=C2C)cc1. The zero-order valence-corrected chi connectivity index (χ0v) is 20.9. The molecule has 2 heterocycles. The minimum Gasteiger partial charge on any atom is -0.497 e. The Bertz CT molecular complexity index is 1390. The molecule has 0 spiro atoms. The lowest BCUT2D eigenvalue weighted by Gasteiger charge is -2.28. The lowest BCUT2D eigenvalue weighted by Crippen LogP contribution is -2.33. The van der Waals surface area contributed by atoms with E-state index in [1.54, 1.807) is 32.2 Å². The van der Waals surface area contributed by atoms with Crippen molar-refractivity contribution in [3.8, 4) is 11.5 Å². The first-order valence-electron chi connectivity index (χ1n) is 12.2. The summed E-state index contributed by atoms with van der Waals surface area (Å²) in [6.07, 6.45) is -1.11. The molecule has 2 aliphatic rings. The molecular weight excluding hydrogens is 468 g/mol. The molecule has 0 radical (unpaired) electrons. The Morgan fingerprint density at radius 2 is 1.70 bits per heavy atom. The number of carbonyl (C=O) groups excluding carboxylic acids is 2. The predicted molar refractivity (Wildman–Crippen MR) is 141 cm³/mol. The molecule has 7 heteroatoms. The molecule has 2 aliphatic heterocycles. The number of nitrogens with zero attached hydrogens (tertiary/aromatic N) is 2. The number of Topliss-reactive ketones (excluding diaryl/α,β-unsaturated/α-hetero) is 1. The number of hydrogen-bond donors (Lipinski definition) is 1. The van der Waals surface area contributed by atoms with Crippen molar-refractivity contribution in [2.24, 2.45) is 11.0 Å². The summed E-state index contributed by atoms with van der Waals surface area (Å²) in [5.74, 6) is -0.0654. The Morgan fingerprint density at radius 3 is 2.41 bits per heavy atom. The van der Waals surface area contributed by atoms with Crippen LogP contribution in [0, 0.1) is 5.92 Å². The third-order valence-electron chi connectivity index (χ3n) is 6.96. The summed E-state index contributed by atoms with van der Waals surface area (Å²) in [6.45, 7) is 3.49. The topological polar surface area (TPSA) is 88.4 Å². The Hall–Kier alpha value is -4.23. The molecule has 3 atom stereocenters. The number of hydrazone groups is 1. The molecule has 3 unspecified atom stereocenters. The summed E-state index contributed by atoms with van der Waals surface area (Å²) in [6, 6.07) is 23.7. The molecular formula is C30H28N2O5. The van der Waals surface area contributed by atoms with Crippen LogP contribution in [-0.4, -0.2) is 29.6 Å². The van der Waals surface area contributed by atoms with Gasteiger partial charge in [-0.05, 0) is 49.7 Å². The number of methoxy groups -OCH3 is 1. The molecule has 188 valence electrons. The van der Waals surface area contributed by atoms with Crippen LogP contribution in [0.1, 0.15) is 43.4 Å². The molecule has 0 saturated heterocycles. The molecule has 0 saturated carbocycles. The lowest BCUT2D eigenvalue weighted by atomic mass is 9.78. The van der Waals surface area contributed by atoms with E-state index in [4.69, 9.17) is 9.47 Å². The third kappa shape index (κ3) is 4.54. The lowest BCUT2D eigenvalue weighted by molar-refractivity contribution is -0.121. The second-order valence-corrected chi connectivity index (χ2v) is 9.22. The number of para-hydroxylation sites is 2. The Morgan fingerprint density at radius 1 is 1.03 bits per heavy atom. The maximum absolute atomic E-state index is 13.8. The second kappa shape index (κ2) is 10.0. The number of amides is 1. The van der Waals surface area contributed by atoms with E-state index in [-0.39, 0.29) is 23.7 Å². The highest BCUT2D eigenvalue weighted by Crippen LogP contribution is 2.42. The van der Waals surface area contributed by atoms with Gasteiger partial charge in [0.1, 0.15) is 23.4 Å². The number of rotatable bonds is 7. The fourth-order valence-electron chi connectivity index (χ4n) is 5.10. The van der Waals surface area contributed by atoms with E-state index < -0.39 is 17.9 Å². The maximum atomic E-state index is 13.8. The Balaban J connectivity index is 1.50. The molecule has 7 nitrogen and oxygen atoms in total. The highest BCUT2D eigenvalue weighted by molar-refractivity contribution is 6.16. The van der Waals surface area contributed by atoms with Gasteiger partial charge in [0, 0.05) is 23.6 Å². The number of fused-ring (bicyclic) bond motifs is 1. The number of benzene rings is 3. The number of aliphatic hydroxyl groups is 1.